The van der Waals surface area contributed by atoms with E-state index in [1.54, 1.807) is 12.1 Å². The minimum atomic E-state index is -0.294. The lowest BCUT2D eigenvalue weighted by atomic mass is 10.0. The van der Waals surface area contributed by atoms with Gasteiger partial charge in [0.05, 0.1) is 4.92 Å². The molecule has 1 heterocycles. The number of hydrogen-bond donors (Lipinski definition) is 1. The molecule has 1 saturated heterocycles. The Labute approximate surface area is 125 Å². The molecule has 114 valence electrons. The van der Waals surface area contributed by atoms with E-state index >= 15 is 0 Å². The summed E-state index contributed by atoms with van der Waals surface area (Å²) in [6.07, 6.45) is 3.98. The van der Waals surface area contributed by atoms with E-state index in [4.69, 9.17) is 0 Å². The highest BCUT2D eigenvalue weighted by molar-refractivity contribution is 5.41. The maximum absolute atomic E-state index is 11.1. The van der Waals surface area contributed by atoms with Gasteiger partial charge in [0.25, 0.3) is 5.69 Å². The molecule has 1 aliphatic carbocycles. The smallest absolute Gasteiger partial charge is 0.274 e. The summed E-state index contributed by atoms with van der Waals surface area (Å²) in [6, 6.07) is 7.88. The van der Waals surface area contributed by atoms with Crippen LogP contribution in [0.1, 0.15) is 37.8 Å². The van der Waals surface area contributed by atoms with E-state index in [-0.39, 0.29) is 16.7 Å². The van der Waals surface area contributed by atoms with Crippen LogP contribution in [0.2, 0.25) is 0 Å². The highest BCUT2D eigenvalue weighted by Gasteiger charge is 2.34. The summed E-state index contributed by atoms with van der Waals surface area (Å²) >= 11 is 0. The fourth-order valence-electron chi connectivity index (χ4n) is 3.27. The van der Waals surface area contributed by atoms with E-state index in [9.17, 15) is 10.1 Å². The number of likely N-dealkylation sites (tertiary alicyclic amines) is 1. The Morgan fingerprint density at radius 1 is 1.38 bits per heavy atom. The Balaban J connectivity index is 1.54. The van der Waals surface area contributed by atoms with E-state index in [1.807, 2.05) is 19.1 Å². The van der Waals surface area contributed by atoms with Crippen LogP contribution < -0.4 is 5.32 Å². The van der Waals surface area contributed by atoms with Crippen molar-refractivity contribution in [3.8, 4) is 0 Å². The number of rotatable bonds is 6. The standard InChI is InChI=1S/C16H23N3O2/c1-12(15-4-2-3-5-16(15)19(20)21)17-10-13-8-9-18(11-13)14-6-7-14/h2-5,12-14,17H,6-11H2,1H3. The zero-order chi connectivity index (χ0) is 14.8. The molecule has 2 unspecified atom stereocenters. The highest BCUT2D eigenvalue weighted by Crippen LogP contribution is 2.32. The fraction of sp³-hybridized carbons (Fsp3) is 0.625. The van der Waals surface area contributed by atoms with E-state index in [1.165, 1.54) is 32.4 Å². The molecule has 1 N–H and O–H groups in total. The first-order chi connectivity index (χ1) is 10.1. The van der Waals surface area contributed by atoms with E-state index < -0.39 is 0 Å². The molecule has 5 nitrogen and oxygen atoms in total. The number of para-hydroxylation sites is 1. The van der Waals surface area contributed by atoms with Crippen molar-refractivity contribution in [1.82, 2.24) is 10.2 Å². The van der Waals surface area contributed by atoms with E-state index in [0.717, 1.165) is 18.2 Å². The molecule has 2 aliphatic rings. The van der Waals surface area contributed by atoms with E-state index in [0.29, 0.717) is 5.92 Å². The first-order valence-corrected chi connectivity index (χ1v) is 7.86. The predicted octanol–water partition coefficient (Wildman–Crippen LogP) is 2.73. The number of nitrogens with one attached hydrogen (secondary N) is 1. The molecule has 0 bridgehead atoms. The van der Waals surface area contributed by atoms with Gasteiger partial charge >= 0.3 is 0 Å². The Hall–Kier alpha value is -1.46. The van der Waals surface area contributed by atoms with Gasteiger partial charge in [-0.1, -0.05) is 18.2 Å². The first-order valence-electron chi connectivity index (χ1n) is 7.86. The summed E-state index contributed by atoms with van der Waals surface area (Å²) < 4.78 is 0. The quantitative estimate of drug-likeness (QED) is 0.646. The number of hydrogen-bond acceptors (Lipinski definition) is 4. The number of nitro groups is 1. The number of benzene rings is 1. The minimum Gasteiger partial charge on any atom is -0.310 e. The summed E-state index contributed by atoms with van der Waals surface area (Å²) in [5.74, 6) is 0.677. The third-order valence-electron chi connectivity index (χ3n) is 4.69. The Bertz CT molecular complexity index is 516. The molecule has 0 aromatic heterocycles. The summed E-state index contributed by atoms with van der Waals surface area (Å²) in [4.78, 5) is 13.4. The second-order valence-electron chi connectivity index (χ2n) is 6.33. The van der Waals surface area contributed by atoms with Gasteiger partial charge in [-0.05, 0) is 45.2 Å². The van der Waals surface area contributed by atoms with Crippen molar-refractivity contribution in [2.75, 3.05) is 19.6 Å². The summed E-state index contributed by atoms with van der Waals surface area (Å²) in [7, 11) is 0. The summed E-state index contributed by atoms with van der Waals surface area (Å²) in [6.45, 7) is 5.35. The van der Waals surface area contributed by atoms with Crippen LogP contribution in [-0.2, 0) is 0 Å². The Morgan fingerprint density at radius 2 is 2.14 bits per heavy atom. The molecule has 2 fully saturated rings. The average molecular weight is 289 g/mol. The maximum atomic E-state index is 11.1. The van der Waals surface area contributed by atoms with Crippen LogP contribution in [0.3, 0.4) is 0 Å². The van der Waals surface area contributed by atoms with Crippen molar-refractivity contribution >= 4 is 5.69 Å². The van der Waals surface area contributed by atoms with Crippen LogP contribution in [0.5, 0.6) is 0 Å². The number of nitro benzene ring substituents is 1. The third kappa shape index (κ3) is 3.41. The molecule has 21 heavy (non-hydrogen) atoms. The Morgan fingerprint density at radius 3 is 2.86 bits per heavy atom. The first kappa shape index (κ1) is 14.5. The second-order valence-corrected chi connectivity index (χ2v) is 6.33. The van der Waals surface area contributed by atoms with Gasteiger partial charge in [0.15, 0.2) is 0 Å². The van der Waals surface area contributed by atoms with Gasteiger partial charge in [0.2, 0.25) is 0 Å². The van der Waals surface area contributed by atoms with E-state index in [2.05, 4.69) is 10.2 Å². The van der Waals surface area contributed by atoms with Crippen LogP contribution in [-0.4, -0.2) is 35.5 Å². The van der Waals surface area contributed by atoms with Gasteiger partial charge in [0, 0.05) is 30.3 Å². The summed E-state index contributed by atoms with van der Waals surface area (Å²) in [5, 5.41) is 14.6. The Kier molecular flexibility index (Phi) is 4.22. The van der Waals surface area contributed by atoms with Gasteiger partial charge in [0.1, 0.15) is 0 Å². The van der Waals surface area contributed by atoms with Crippen molar-refractivity contribution < 1.29 is 4.92 Å². The molecule has 1 aromatic carbocycles. The van der Waals surface area contributed by atoms with Gasteiger partial charge < -0.3 is 10.2 Å². The van der Waals surface area contributed by atoms with Gasteiger partial charge in [-0.25, -0.2) is 0 Å². The molecule has 2 atom stereocenters. The second kappa shape index (κ2) is 6.12. The lowest BCUT2D eigenvalue weighted by molar-refractivity contribution is -0.385. The largest absolute Gasteiger partial charge is 0.310 e. The molecule has 0 amide bonds. The monoisotopic (exact) mass is 289 g/mol. The van der Waals surface area contributed by atoms with Crippen LogP contribution in [0.25, 0.3) is 0 Å². The molecule has 0 radical (unpaired) electrons. The third-order valence-corrected chi connectivity index (χ3v) is 4.69. The van der Waals surface area contributed by atoms with Crippen LogP contribution in [0, 0.1) is 16.0 Å². The lowest BCUT2D eigenvalue weighted by Gasteiger charge is -2.18. The molecule has 5 heteroatoms. The van der Waals surface area contributed by atoms with Crippen molar-refractivity contribution in [1.29, 1.82) is 0 Å². The van der Waals surface area contributed by atoms with Gasteiger partial charge in [-0.15, -0.1) is 0 Å². The van der Waals surface area contributed by atoms with Crippen molar-refractivity contribution in [2.24, 2.45) is 5.92 Å². The molecular formula is C16H23N3O2. The lowest BCUT2D eigenvalue weighted by Crippen LogP contribution is -2.29. The molecule has 1 saturated carbocycles. The van der Waals surface area contributed by atoms with Crippen LogP contribution in [0.4, 0.5) is 5.69 Å². The average Bonchev–Trinajstić information content (AvgIpc) is 3.24. The number of nitrogens with zero attached hydrogens (tertiary/aromatic N) is 2. The van der Waals surface area contributed by atoms with Crippen molar-refractivity contribution in [2.45, 2.75) is 38.3 Å². The fourth-order valence-corrected chi connectivity index (χ4v) is 3.27. The van der Waals surface area contributed by atoms with Gasteiger partial charge in [-0.3, -0.25) is 10.1 Å². The minimum absolute atomic E-state index is 0.0153. The van der Waals surface area contributed by atoms with Crippen molar-refractivity contribution in [3.63, 3.8) is 0 Å². The zero-order valence-electron chi connectivity index (χ0n) is 12.5. The molecule has 3 rings (SSSR count). The van der Waals surface area contributed by atoms with Gasteiger partial charge in [-0.2, -0.15) is 0 Å². The molecule has 0 spiro atoms. The topological polar surface area (TPSA) is 58.4 Å². The zero-order valence-corrected chi connectivity index (χ0v) is 12.5. The van der Waals surface area contributed by atoms with Crippen LogP contribution >= 0.6 is 0 Å². The normalized spacial score (nSPS) is 24.1. The molecule has 1 aliphatic heterocycles. The maximum Gasteiger partial charge on any atom is 0.274 e. The SMILES string of the molecule is CC(NCC1CCN(C2CC2)C1)c1ccccc1[N+](=O)[O-]. The van der Waals surface area contributed by atoms with Crippen molar-refractivity contribution in [3.05, 3.63) is 39.9 Å². The highest BCUT2D eigenvalue weighted by atomic mass is 16.6. The molecule has 1 aromatic rings. The summed E-state index contributed by atoms with van der Waals surface area (Å²) in [5.41, 5.74) is 0.989. The van der Waals surface area contributed by atoms with Crippen LogP contribution in [0.15, 0.2) is 24.3 Å². The molecular weight excluding hydrogens is 266 g/mol. The predicted molar refractivity (Wildman–Crippen MR) is 82.2 cm³/mol.